The van der Waals surface area contributed by atoms with E-state index in [9.17, 15) is 0 Å². The highest BCUT2D eigenvalue weighted by Gasteiger charge is 2.13. The van der Waals surface area contributed by atoms with E-state index < -0.39 is 0 Å². The summed E-state index contributed by atoms with van der Waals surface area (Å²) in [7, 11) is 5.84. The number of fused-ring (bicyclic) bond motifs is 1. The van der Waals surface area contributed by atoms with Crippen LogP contribution in [0.15, 0.2) is 24.3 Å². The quantitative estimate of drug-likeness (QED) is 0.797. The minimum absolute atomic E-state index is 0.429. The number of likely N-dealkylation sites (N-methyl/N-ethyl adjacent to an activating group) is 1. The first-order chi connectivity index (χ1) is 10.4. The Bertz CT molecular complexity index is 647. The van der Waals surface area contributed by atoms with Crippen LogP contribution in [0, 0.1) is 6.92 Å². The van der Waals surface area contributed by atoms with Crippen LogP contribution in [-0.2, 0) is 0 Å². The molecule has 22 heavy (non-hydrogen) atoms. The van der Waals surface area contributed by atoms with E-state index in [0.717, 1.165) is 29.0 Å². The summed E-state index contributed by atoms with van der Waals surface area (Å²) in [4.78, 5) is 2.12. The minimum Gasteiger partial charge on any atom is -0.496 e. The van der Waals surface area contributed by atoms with Gasteiger partial charge in [-0.3, -0.25) is 0 Å². The Morgan fingerprint density at radius 3 is 2.45 bits per heavy atom. The van der Waals surface area contributed by atoms with Crippen molar-refractivity contribution in [2.24, 2.45) is 0 Å². The Balaban J connectivity index is 2.48. The largest absolute Gasteiger partial charge is 0.496 e. The molecular formula is C19H27NO2. The molecule has 0 fully saturated rings. The van der Waals surface area contributed by atoms with Gasteiger partial charge in [0.25, 0.3) is 0 Å². The molecule has 3 heteroatoms. The number of hydrogen-bond donors (Lipinski definition) is 0. The molecule has 0 aliphatic carbocycles. The van der Waals surface area contributed by atoms with Gasteiger partial charge in [0.05, 0.1) is 7.11 Å². The average Bonchev–Trinajstić information content (AvgIpc) is 2.47. The Labute approximate surface area is 133 Å². The first kappa shape index (κ1) is 16.6. The molecule has 120 valence electrons. The molecule has 0 amide bonds. The maximum Gasteiger partial charge on any atom is 0.130 e. The Morgan fingerprint density at radius 1 is 1.14 bits per heavy atom. The lowest BCUT2D eigenvalue weighted by molar-refractivity contribution is 0.262. The van der Waals surface area contributed by atoms with E-state index in [1.807, 2.05) is 0 Å². The maximum atomic E-state index is 6.06. The summed E-state index contributed by atoms with van der Waals surface area (Å²) >= 11 is 0. The Hall–Kier alpha value is -1.74. The lowest BCUT2D eigenvalue weighted by Crippen LogP contribution is -2.19. The molecular weight excluding hydrogens is 274 g/mol. The second-order valence-electron chi connectivity index (χ2n) is 6.33. The van der Waals surface area contributed by atoms with Crippen LogP contribution in [0.1, 0.15) is 30.9 Å². The molecule has 0 bridgehead atoms. The molecule has 0 unspecified atom stereocenters. The molecule has 3 nitrogen and oxygen atoms in total. The average molecular weight is 301 g/mol. The summed E-state index contributed by atoms with van der Waals surface area (Å²) in [6.45, 7) is 8.05. The van der Waals surface area contributed by atoms with Gasteiger partial charge in [0.1, 0.15) is 18.1 Å². The van der Waals surface area contributed by atoms with Gasteiger partial charge in [-0.2, -0.15) is 0 Å². The summed E-state index contributed by atoms with van der Waals surface area (Å²) in [6.07, 6.45) is 0. The number of methoxy groups -OCH3 is 1. The zero-order valence-corrected chi connectivity index (χ0v) is 14.6. The molecule has 2 aromatic rings. The van der Waals surface area contributed by atoms with Gasteiger partial charge in [-0.1, -0.05) is 26.0 Å². The third-order valence-electron chi connectivity index (χ3n) is 3.92. The van der Waals surface area contributed by atoms with Crippen LogP contribution >= 0.6 is 0 Å². The van der Waals surface area contributed by atoms with Gasteiger partial charge in [-0.05, 0) is 55.6 Å². The summed E-state index contributed by atoms with van der Waals surface area (Å²) in [5.41, 5.74) is 2.39. The fraction of sp³-hybridized carbons (Fsp3) is 0.474. The number of aryl methyl sites for hydroxylation is 1. The van der Waals surface area contributed by atoms with Gasteiger partial charge >= 0.3 is 0 Å². The first-order valence-corrected chi connectivity index (χ1v) is 7.82. The van der Waals surface area contributed by atoms with Gasteiger partial charge in [0.2, 0.25) is 0 Å². The molecule has 0 radical (unpaired) electrons. The number of rotatable bonds is 6. The lowest BCUT2D eigenvalue weighted by atomic mass is 9.96. The molecule has 0 aliphatic heterocycles. The standard InChI is InChI=1S/C19H27NO2/c1-13(2)16-11-15-8-7-14(3)19(22-10-9-20(4)5)17(15)12-18(16)21-6/h7-8,11-13H,9-10H2,1-6H3. The van der Waals surface area contributed by atoms with Crippen LogP contribution in [0.25, 0.3) is 10.8 Å². The van der Waals surface area contributed by atoms with Crippen molar-refractivity contribution in [3.05, 3.63) is 35.4 Å². The van der Waals surface area contributed by atoms with Gasteiger partial charge in [-0.25, -0.2) is 0 Å². The van der Waals surface area contributed by atoms with Crippen LogP contribution in [-0.4, -0.2) is 39.3 Å². The third kappa shape index (κ3) is 3.53. The van der Waals surface area contributed by atoms with Crippen molar-refractivity contribution >= 4 is 10.8 Å². The molecule has 0 heterocycles. The van der Waals surface area contributed by atoms with E-state index in [1.165, 1.54) is 10.9 Å². The summed E-state index contributed by atoms with van der Waals surface area (Å²) in [5, 5.41) is 2.33. The maximum absolute atomic E-state index is 6.06. The van der Waals surface area contributed by atoms with Crippen LogP contribution in [0.5, 0.6) is 11.5 Å². The van der Waals surface area contributed by atoms with E-state index in [1.54, 1.807) is 7.11 Å². The molecule has 0 atom stereocenters. The van der Waals surface area contributed by atoms with E-state index in [4.69, 9.17) is 9.47 Å². The summed E-state index contributed by atoms with van der Waals surface area (Å²) in [6, 6.07) is 8.62. The smallest absolute Gasteiger partial charge is 0.130 e. The molecule has 0 spiro atoms. The van der Waals surface area contributed by atoms with Crippen molar-refractivity contribution in [3.63, 3.8) is 0 Å². The van der Waals surface area contributed by atoms with Crippen molar-refractivity contribution < 1.29 is 9.47 Å². The number of nitrogens with zero attached hydrogens (tertiary/aromatic N) is 1. The summed E-state index contributed by atoms with van der Waals surface area (Å²) in [5.74, 6) is 2.33. The normalized spacial score (nSPS) is 11.5. The highest BCUT2D eigenvalue weighted by molar-refractivity contribution is 5.91. The fourth-order valence-corrected chi connectivity index (χ4v) is 2.60. The van der Waals surface area contributed by atoms with Crippen molar-refractivity contribution in [2.75, 3.05) is 34.4 Å². The topological polar surface area (TPSA) is 21.7 Å². The number of benzene rings is 2. The predicted octanol–water partition coefficient (Wildman–Crippen LogP) is 4.22. The van der Waals surface area contributed by atoms with Crippen LogP contribution in [0.2, 0.25) is 0 Å². The van der Waals surface area contributed by atoms with E-state index in [2.05, 4.69) is 64.0 Å². The van der Waals surface area contributed by atoms with Gasteiger partial charge in [0, 0.05) is 11.9 Å². The van der Waals surface area contributed by atoms with Crippen LogP contribution < -0.4 is 9.47 Å². The molecule has 2 rings (SSSR count). The highest BCUT2D eigenvalue weighted by Crippen LogP contribution is 2.37. The van der Waals surface area contributed by atoms with Gasteiger partial charge in [0.15, 0.2) is 0 Å². The zero-order valence-electron chi connectivity index (χ0n) is 14.6. The second kappa shape index (κ2) is 7.01. The zero-order chi connectivity index (χ0) is 16.3. The van der Waals surface area contributed by atoms with Crippen molar-refractivity contribution in [2.45, 2.75) is 26.7 Å². The van der Waals surface area contributed by atoms with Gasteiger partial charge in [-0.15, -0.1) is 0 Å². The monoisotopic (exact) mass is 301 g/mol. The first-order valence-electron chi connectivity index (χ1n) is 7.82. The van der Waals surface area contributed by atoms with Crippen LogP contribution in [0.3, 0.4) is 0 Å². The van der Waals surface area contributed by atoms with E-state index in [0.29, 0.717) is 12.5 Å². The van der Waals surface area contributed by atoms with E-state index >= 15 is 0 Å². The highest BCUT2D eigenvalue weighted by atomic mass is 16.5. The third-order valence-corrected chi connectivity index (χ3v) is 3.92. The Kier molecular flexibility index (Phi) is 5.30. The minimum atomic E-state index is 0.429. The molecule has 0 saturated carbocycles. The molecule has 2 aromatic carbocycles. The van der Waals surface area contributed by atoms with E-state index in [-0.39, 0.29) is 0 Å². The SMILES string of the molecule is COc1cc2c(OCCN(C)C)c(C)ccc2cc1C(C)C. The van der Waals surface area contributed by atoms with Crippen molar-refractivity contribution in [1.29, 1.82) is 0 Å². The number of ether oxygens (including phenoxy) is 2. The summed E-state index contributed by atoms with van der Waals surface area (Å²) < 4.78 is 11.7. The molecule has 0 saturated heterocycles. The second-order valence-corrected chi connectivity index (χ2v) is 6.33. The lowest BCUT2D eigenvalue weighted by Gasteiger charge is -2.18. The molecule has 0 aliphatic rings. The van der Waals surface area contributed by atoms with Crippen molar-refractivity contribution in [1.82, 2.24) is 4.90 Å². The van der Waals surface area contributed by atoms with Crippen LogP contribution in [0.4, 0.5) is 0 Å². The van der Waals surface area contributed by atoms with Gasteiger partial charge < -0.3 is 14.4 Å². The molecule has 0 aromatic heterocycles. The fourth-order valence-electron chi connectivity index (χ4n) is 2.60. The molecule has 0 N–H and O–H groups in total. The number of hydrogen-bond acceptors (Lipinski definition) is 3. The predicted molar refractivity (Wildman–Crippen MR) is 93.4 cm³/mol. The Morgan fingerprint density at radius 2 is 1.86 bits per heavy atom. The van der Waals surface area contributed by atoms with Crippen molar-refractivity contribution in [3.8, 4) is 11.5 Å².